The Kier molecular flexibility index (Phi) is 2.89. The molecule has 0 heterocycles. The molecule has 2 nitrogen and oxygen atoms in total. The minimum atomic E-state index is 0.0442. The van der Waals surface area contributed by atoms with Crippen LogP contribution < -0.4 is 10.6 Å². The third kappa shape index (κ3) is 2.27. The van der Waals surface area contributed by atoms with Crippen LogP contribution in [0.3, 0.4) is 0 Å². The highest BCUT2D eigenvalue weighted by Gasteiger charge is 2.27. The summed E-state index contributed by atoms with van der Waals surface area (Å²) in [4.78, 5) is 2.26. The second kappa shape index (κ2) is 4.03. The summed E-state index contributed by atoms with van der Waals surface area (Å²) in [6.07, 6.45) is 2.56. The Morgan fingerprint density at radius 3 is 2.60 bits per heavy atom. The van der Waals surface area contributed by atoms with Crippen LogP contribution >= 0.6 is 11.6 Å². The fourth-order valence-corrected chi connectivity index (χ4v) is 2.07. The number of nitrogens with two attached hydrogens (primary N) is 1. The van der Waals surface area contributed by atoms with Crippen molar-refractivity contribution in [3.05, 3.63) is 28.8 Å². The summed E-state index contributed by atoms with van der Waals surface area (Å²) in [6, 6.07) is 6.83. The zero-order valence-electron chi connectivity index (χ0n) is 9.20. The van der Waals surface area contributed by atoms with Crippen LogP contribution in [0.5, 0.6) is 0 Å². The molecule has 0 saturated heterocycles. The topological polar surface area (TPSA) is 29.3 Å². The van der Waals surface area contributed by atoms with Gasteiger partial charge in [0.15, 0.2) is 0 Å². The van der Waals surface area contributed by atoms with E-state index in [9.17, 15) is 0 Å². The molecule has 0 unspecified atom stereocenters. The summed E-state index contributed by atoms with van der Waals surface area (Å²) >= 11 is 6.24. The highest BCUT2D eigenvalue weighted by atomic mass is 35.5. The van der Waals surface area contributed by atoms with Gasteiger partial charge in [-0.15, -0.1) is 0 Å². The maximum absolute atomic E-state index is 6.24. The van der Waals surface area contributed by atoms with Crippen LogP contribution in [0.1, 0.15) is 31.4 Å². The molecule has 0 aromatic heterocycles. The van der Waals surface area contributed by atoms with Crippen LogP contribution in [0.4, 0.5) is 5.69 Å². The predicted molar refractivity (Wildman–Crippen MR) is 65.5 cm³/mol. The largest absolute Gasteiger partial charge is 0.370 e. The first kappa shape index (κ1) is 10.8. The number of anilines is 1. The molecule has 1 aromatic carbocycles. The number of rotatable bonds is 3. The summed E-state index contributed by atoms with van der Waals surface area (Å²) in [5.41, 5.74) is 8.01. The average Bonchev–Trinajstić information content (AvgIpc) is 2.99. The van der Waals surface area contributed by atoms with E-state index < -0.39 is 0 Å². The average molecular weight is 225 g/mol. The molecule has 0 amide bonds. The van der Waals surface area contributed by atoms with Gasteiger partial charge in [0, 0.05) is 19.1 Å². The molecule has 0 aliphatic heterocycles. The fraction of sp³-hybridized carbons (Fsp3) is 0.500. The van der Waals surface area contributed by atoms with Crippen LogP contribution in [0.2, 0.25) is 5.02 Å². The van der Waals surface area contributed by atoms with Crippen molar-refractivity contribution in [3.8, 4) is 0 Å². The Balaban J connectivity index is 2.25. The first-order valence-corrected chi connectivity index (χ1v) is 5.75. The maximum atomic E-state index is 6.24. The molecule has 0 spiro atoms. The summed E-state index contributed by atoms with van der Waals surface area (Å²) in [7, 11) is 2.10. The number of hydrogen-bond donors (Lipinski definition) is 1. The molecule has 0 radical (unpaired) electrons. The molecule has 3 heteroatoms. The lowest BCUT2D eigenvalue weighted by Crippen LogP contribution is -2.19. The number of nitrogens with zero attached hydrogens (tertiary/aromatic N) is 1. The van der Waals surface area contributed by atoms with Gasteiger partial charge in [-0.25, -0.2) is 0 Å². The van der Waals surface area contributed by atoms with Gasteiger partial charge in [0.1, 0.15) is 0 Å². The van der Waals surface area contributed by atoms with Crippen molar-refractivity contribution in [2.24, 2.45) is 5.73 Å². The first-order chi connectivity index (χ1) is 7.09. The van der Waals surface area contributed by atoms with Crippen molar-refractivity contribution < 1.29 is 0 Å². The molecule has 0 bridgehead atoms. The predicted octanol–water partition coefficient (Wildman–Crippen LogP) is 2.96. The highest BCUT2D eigenvalue weighted by molar-refractivity contribution is 6.33. The summed E-state index contributed by atoms with van der Waals surface area (Å²) in [5, 5.41) is 0.805. The van der Waals surface area contributed by atoms with Gasteiger partial charge in [0.25, 0.3) is 0 Å². The number of benzene rings is 1. The van der Waals surface area contributed by atoms with Crippen molar-refractivity contribution >= 4 is 17.3 Å². The molecule has 2 N–H and O–H groups in total. The van der Waals surface area contributed by atoms with Crippen molar-refractivity contribution in [2.75, 3.05) is 11.9 Å². The van der Waals surface area contributed by atoms with Crippen molar-refractivity contribution in [2.45, 2.75) is 31.8 Å². The first-order valence-electron chi connectivity index (χ1n) is 5.37. The quantitative estimate of drug-likeness (QED) is 0.856. The Hall–Kier alpha value is -0.730. The van der Waals surface area contributed by atoms with E-state index in [0.717, 1.165) is 16.3 Å². The van der Waals surface area contributed by atoms with Gasteiger partial charge in [0.05, 0.1) is 10.7 Å². The molecule has 1 aromatic rings. The third-order valence-corrected chi connectivity index (χ3v) is 3.27. The molecule has 1 aliphatic carbocycles. The molecule has 2 rings (SSSR count). The van der Waals surface area contributed by atoms with Crippen molar-refractivity contribution in [3.63, 3.8) is 0 Å². The van der Waals surface area contributed by atoms with E-state index in [1.165, 1.54) is 12.8 Å². The van der Waals surface area contributed by atoms with Gasteiger partial charge in [-0.3, -0.25) is 0 Å². The van der Waals surface area contributed by atoms with Crippen LogP contribution in [-0.4, -0.2) is 13.1 Å². The lowest BCUT2D eigenvalue weighted by Gasteiger charge is -2.21. The second-order valence-corrected chi connectivity index (χ2v) is 4.75. The Labute approximate surface area is 96.0 Å². The molecule has 1 fully saturated rings. The Morgan fingerprint density at radius 1 is 1.47 bits per heavy atom. The van der Waals surface area contributed by atoms with E-state index in [-0.39, 0.29) is 6.04 Å². The summed E-state index contributed by atoms with van der Waals surface area (Å²) < 4.78 is 0. The van der Waals surface area contributed by atoms with Crippen LogP contribution in [-0.2, 0) is 0 Å². The maximum Gasteiger partial charge on any atom is 0.0642 e. The van der Waals surface area contributed by atoms with Crippen molar-refractivity contribution in [1.29, 1.82) is 0 Å². The van der Waals surface area contributed by atoms with Gasteiger partial charge >= 0.3 is 0 Å². The van der Waals surface area contributed by atoms with Gasteiger partial charge in [0.2, 0.25) is 0 Å². The van der Waals surface area contributed by atoms with Gasteiger partial charge in [-0.2, -0.15) is 0 Å². The molecule has 82 valence electrons. The minimum Gasteiger partial charge on any atom is -0.370 e. The van der Waals surface area contributed by atoms with Gasteiger partial charge in [-0.05, 0) is 37.5 Å². The normalized spacial score (nSPS) is 17.6. The highest BCUT2D eigenvalue weighted by Crippen LogP contribution is 2.35. The molecular formula is C12H17ClN2. The number of hydrogen-bond acceptors (Lipinski definition) is 2. The SMILES string of the molecule is C[C@@H](N)c1ccc(N(C)C2CC2)c(Cl)c1. The van der Waals surface area contributed by atoms with Crippen LogP contribution in [0, 0.1) is 0 Å². The van der Waals surface area contributed by atoms with Gasteiger partial charge in [-0.1, -0.05) is 17.7 Å². The lowest BCUT2D eigenvalue weighted by atomic mass is 10.1. The van der Waals surface area contributed by atoms with E-state index in [4.69, 9.17) is 17.3 Å². The van der Waals surface area contributed by atoms with E-state index >= 15 is 0 Å². The lowest BCUT2D eigenvalue weighted by molar-refractivity contribution is 0.817. The zero-order valence-corrected chi connectivity index (χ0v) is 9.96. The van der Waals surface area contributed by atoms with E-state index in [1.54, 1.807) is 0 Å². The van der Waals surface area contributed by atoms with Crippen LogP contribution in [0.15, 0.2) is 18.2 Å². The molecule has 15 heavy (non-hydrogen) atoms. The fourth-order valence-electron chi connectivity index (χ4n) is 1.75. The van der Waals surface area contributed by atoms with E-state index in [0.29, 0.717) is 6.04 Å². The Morgan fingerprint density at radius 2 is 2.13 bits per heavy atom. The van der Waals surface area contributed by atoms with Gasteiger partial charge < -0.3 is 10.6 Å². The third-order valence-electron chi connectivity index (χ3n) is 2.97. The monoisotopic (exact) mass is 224 g/mol. The minimum absolute atomic E-state index is 0.0442. The van der Waals surface area contributed by atoms with Crippen LogP contribution in [0.25, 0.3) is 0 Å². The molecule has 1 saturated carbocycles. The summed E-state index contributed by atoms with van der Waals surface area (Å²) in [5.74, 6) is 0. The van der Waals surface area contributed by atoms with E-state index in [1.807, 2.05) is 13.0 Å². The standard InChI is InChI=1S/C12H17ClN2/c1-8(14)9-3-6-12(11(13)7-9)15(2)10-4-5-10/h3,6-8,10H,4-5,14H2,1-2H3/t8-/m1/s1. The smallest absolute Gasteiger partial charge is 0.0642 e. The summed E-state index contributed by atoms with van der Waals surface area (Å²) in [6.45, 7) is 1.97. The number of halogens is 1. The van der Waals surface area contributed by atoms with E-state index in [2.05, 4.69) is 24.1 Å². The molecular weight excluding hydrogens is 208 g/mol. The molecule has 1 atom stereocenters. The Bertz CT molecular complexity index is 359. The van der Waals surface area contributed by atoms with Crippen molar-refractivity contribution in [1.82, 2.24) is 0 Å². The second-order valence-electron chi connectivity index (χ2n) is 4.34. The molecule has 1 aliphatic rings. The zero-order chi connectivity index (χ0) is 11.0.